The summed E-state index contributed by atoms with van der Waals surface area (Å²) in [5.74, 6) is 0. The van der Waals surface area contributed by atoms with E-state index in [4.69, 9.17) is 16.2 Å². The van der Waals surface area contributed by atoms with E-state index >= 15 is 0 Å². The van der Waals surface area contributed by atoms with Crippen molar-refractivity contribution < 1.29 is 13.0 Å². The van der Waals surface area contributed by atoms with E-state index < -0.39 is 15.0 Å². The number of alkyl halides is 1. The quantitative estimate of drug-likeness (QED) is 0.527. The van der Waals surface area contributed by atoms with E-state index in [9.17, 15) is 8.42 Å². The molecule has 68 valence electrons. The topological polar surface area (TPSA) is 54.4 Å². The molecule has 1 unspecified atom stereocenters. The van der Waals surface area contributed by atoms with Crippen LogP contribution in [-0.2, 0) is 10.1 Å². The SMILES string of the molecule is CC1(Cl)C=CC(S(=O)(=O)O)=CC1. The fourth-order valence-corrected chi connectivity index (χ4v) is 1.56. The van der Waals surface area contributed by atoms with Crippen molar-refractivity contribution in [1.82, 2.24) is 0 Å². The summed E-state index contributed by atoms with van der Waals surface area (Å²) in [5, 5.41) is 0. The number of hydrogen-bond donors (Lipinski definition) is 1. The molecule has 0 aromatic carbocycles. The summed E-state index contributed by atoms with van der Waals surface area (Å²) in [5.41, 5.74) is 0. The molecule has 0 aliphatic heterocycles. The van der Waals surface area contributed by atoms with E-state index in [1.165, 1.54) is 12.2 Å². The lowest BCUT2D eigenvalue weighted by molar-refractivity contribution is 0.491. The highest BCUT2D eigenvalue weighted by molar-refractivity contribution is 7.90. The summed E-state index contributed by atoms with van der Waals surface area (Å²) >= 11 is 5.88. The Morgan fingerprint density at radius 3 is 2.58 bits per heavy atom. The fraction of sp³-hybridized carbons (Fsp3) is 0.429. The molecule has 1 N–H and O–H groups in total. The first-order valence-electron chi connectivity index (χ1n) is 3.37. The van der Waals surface area contributed by atoms with Gasteiger partial charge in [-0.05, 0) is 19.4 Å². The number of rotatable bonds is 1. The van der Waals surface area contributed by atoms with Gasteiger partial charge in [-0.15, -0.1) is 11.6 Å². The molecule has 0 spiro atoms. The van der Waals surface area contributed by atoms with Gasteiger partial charge in [0.1, 0.15) is 0 Å². The van der Waals surface area contributed by atoms with Gasteiger partial charge in [0.15, 0.2) is 0 Å². The maximum Gasteiger partial charge on any atom is 0.294 e. The van der Waals surface area contributed by atoms with Crippen LogP contribution < -0.4 is 0 Å². The van der Waals surface area contributed by atoms with Crippen molar-refractivity contribution in [3.05, 3.63) is 23.1 Å². The molecule has 0 aromatic rings. The Morgan fingerprint density at radius 1 is 1.67 bits per heavy atom. The van der Waals surface area contributed by atoms with Crippen LogP contribution in [0.25, 0.3) is 0 Å². The molecule has 3 nitrogen and oxygen atoms in total. The summed E-state index contributed by atoms with van der Waals surface area (Å²) in [4.78, 5) is -0.616. The molecule has 1 atom stereocenters. The molecule has 5 heteroatoms. The summed E-state index contributed by atoms with van der Waals surface area (Å²) in [6.45, 7) is 1.77. The molecule has 0 aromatic heterocycles. The normalized spacial score (nSPS) is 30.1. The molecule has 0 amide bonds. The third kappa shape index (κ3) is 2.33. The molecule has 0 fully saturated rings. The van der Waals surface area contributed by atoms with Gasteiger partial charge in [0, 0.05) is 0 Å². The van der Waals surface area contributed by atoms with Gasteiger partial charge < -0.3 is 0 Å². The first-order chi connectivity index (χ1) is 5.31. The molecular formula is C7H9ClO3S. The lowest BCUT2D eigenvalue weighted by Gasteiger charge is -2.18. The van der Waals surface area contributed by atoms with Crippen molar-refractivity contribution in [3.63, 3.8) is 0 Å². The first-order valence-corrected chi connectivity index (χ1v) is 5.19. The minimum absolute atomic E-state index is 0.0828. The van der Waals surface area contributed by atoms with E-state index in [2.05, 4.69) is 0 Å². The standard InChI is InChI=1S/C7H9ClO3S/c1-7(8)4-2-6(3-5-7)12(9,10)11/h2-4H,5H2,1H3,(H,9,10,11). The molecule has 0 saturated heterocycles. The predicted octanol–water partition coefficient (Wildman–Crippen LogP) is 1.72. The Labute approximate surface area is 76.5 Å². The van der Waals surface area contributed by atoms with Crippen molar-refractivity contribution in [2.45, 2.75) is 18.2 Å². The zero-order chi connectivity index (χ0) is 9.41. The van der Waals surface area contributed by atoms with Crippen LogP contribution in [0.15, 0.2) is 23.1 Å². The van der Waals surface area contributed by atoms with Crippen LogP contribution in [0.5, 0.6) is 0 Å². The Hall–Kier alpha value is -0.320. The first kappa shape index (κ1) is 9.77. The summed E-state index contributed by atoms with van der Waals surface area (Å²) in [6, 6.07) is 0. The van der Waals surface area contributed by atoms with Crippen LogP contribution in [0.2, 0.25) is 0 Å². The van der Waals surface area contributed by atoms with Crippen molar-refractivity contribution >= 4 is 21.7 Å². The predicted molar refractivity (Wildman–Crippen MR) is 47.6 cm³/mol. The van der Waals surface area contributed by atoms with Gasteiger partial charge in [0.05, 0.1) is 9.78 Å². The third-order valence-corrected chi connectivity index (χ3v) is 2.77. The van der Waals surface area contributed by atoms with E-state index in [1.807, 2.05) is 0 Å². The molecule has 0 saturated carbocycles. The Balaban J connectivity index is 2.93. The maximum atomic E-state index is 10.6. The van der Waals surface area contributed by atoms with Gasteiger partial charge in [0.2, 0.25) is 0 Å². The highest BCUT2D eigenvalue weighted by atomic mass is 35.5. The lowest BCUT2D eigenvalue weighted by atomic mass is 10.0. The number of allylic oxidation sites excluding steroid dienone is 3. The van der Waals surface area contributed by atoms with Gasteiger partial charge >= 0.3 is 0 Å². The smallest absolute Gasteiger partial charge is 0.282 e. The van der Waals surface area contributed by atoms with Crippen LogP contribution in [0.1, 0.15) is 13.3 Å². The zero-order valence-electron chi connectivity index (χ0n) is 6.49. The second-order valence-corrected chi connectivity index (χ2v) is 5.18. The number of hydrogen-bond acceptors (Lipinski definition) is 2. The highest BCUT2D eigenvalue weighted by Crippen LogP contribution is 2.28. The third-order valence-electron chi connectivity index (χ3n) is 1.60. The molecular weight excluding hydrogens is 200 g/mol. The minimum atomic E-state index is -4.06. The van der Waals surface area contributed by atoms with E-state index in [1.54, 1.807) is 13.0 Å². The molecule has 1 rings (SSSR count). The average Bonchev–Trinajstić information content (AvgIpc) is 1.83. The van der Waals surface area contributed by atoms with E-state index in [-0.39, 0.29) is 4.91 Å². The Morgan fingerprint density at radius 2 is 2.25 bits per heavy atom. The van der Waals surface area contributed by atoms with Gasteiger partial charge in [-0.2, -0.15) is 8.42 Å². The van der Waals surface area contributed by atoms with Crippen LogP contribution in [0, 0.1) is 0 Å². The second-order valence-electron chi connectivity index (χ2n) is 2.90. The fourth-order valence-electron chi connectivity index (χ4n) is 0.883. The van der Waals surface area contributed by atoms with E-state index in [0.717, 1.165) is 0 Å². The summed E-state index contributed by atoms with van der Waals surface area (Å²) in [6.07, 6.45) is 4.67. The van der Waals surface area contributed by atoms with Crippen molar-refractivity contribution in [2.75, 3.05) is 0 Å². The monoisotopic (exact) mass is 208 g/mol. The van der Waals surface area contributed by atoms with Crippen LogP contribution in [-0.4, -0.2) is 17.8 Å². The minimum Gasteiger partial charge on any atom is -0.282 e. The molecule has 0 heterocycles. The Bertz CT molecular complexity index is 338. The molecule has 1 aliphatic carbocycles. The molecule has 1 aliphatic rings. The zero-order valence-corrected chi connectivity index (χ0v) is 8.06. The van der Waals surface area contributed by atoms with Crippen molar-refractivity contribution in [2.24, 2.45) is 0 Å². The van der Waals surface area contributed by atoms with Crippen LogP contribution in [0.4, 0.5) is 0 Å². The van der Waals surface area contributed by atoms with E-state index in [0.29, 0.717) is 6.42 Å². The lowest BCUT2D eigenvalue weighted by Crippen LogP contribution is -2.15. The van der Waals surface area contributed by atoms with Gasteiger partial charge in [-0.1, -0.05) is 12.2 Å². The van der Waals surface area contributed by atoms with Crippen LogP contribution in [0.3, 0.4) is 0 Å². The largest absolute Gasteiger partial charge is 0.294 e. The highest BCUT2D eigenvalue weighted by Gasteiger charge is 2.22. The molecule has 12 heavy (non-hydrogen) atoms. The second kappa shape index (κ2) is 2.87. The Kier molecular flexibility index (Phi) is 2.33. The number of halogens is 1. The van der Waals surface area contributed by atoms with Crippen LogP contribution >= 0.6 is 11.6 Å². The van der Waals surface area contributed by atoms with Gasteiger partial charge in [0.25, 0.3) is 10.1 Å². The average molecular weight is 209 g/mol. The molecule has 0 bridgehead atoms. The van der Waals surface area contributed by atoms with Crippen molar-refractivity contribution in [1.29, 1.82) is 0 Å². The maximum absolute atomic E-state index is 10.6. The van der Waals surface area contributed by atoms with Gasteiger partial charge in [-0.25, -0.2) is 0 Å². The summed E-state index contributed by atoms with van der Waals surface area (Å²) in [7, 11) is -4.06. The molecule has 0 radical (unpaired) electrons. The summed E-state index contributed by atoms with van der Waals surface area (Å²) < 4.78 is 29.8. The van der Waals surface area contributed by atoms with Crippen molar-refractivity contribution in [3.8, 4) is 0 Å². The van der Waals surface area contributed by atoms with Gasteiger partial charge in [-0.3, -0.25) is 4.55 Å².